The molecule has 0 aliphatic carbocycles. The molecule has 0 aromatic carbocycles. The number of aliphatic hydroxyl groups excluding tert-OH is 1. The van der Waals surface area contributed by atoms with E-state index in [1.165, 1.54) is 180 Å². The van der Waals surface area contributed by atoms with Gasteiger partial charge in [0.05, 0.1) is 26.4 Å². The monoisotopic (exact) mass is 1340 g/mol. The highest BCUT2D eigenvalue weighted by Gasteiger charge is 2.30. The van der Waals surface area contributed by atoms with Crippen LogP contribution in [0.3, 0.4) is 0 Å². The summed E-state index contributed by atoms with van der Waals surface area (Å²) in [6.07, 6.45) is 49.9. The van der Waals surface area contributed by atoms with Crippen LogP contribution in [0.4, 0.5) is 0 Å². The smallest absolute Gasteiger partial charge is 0.462 e. The Bertz CT molecular complexity index is 1770. The maximum atomic E-state index is 13.0. The van der Waals surface area contributed by atoms with Crippen LogP contribution in [0.5, 0.6) is 0 Å². The molecular formula is C72H140O17P2. The van der Waals surface area contributed by atoms with Crippen LogP contribution in [0.25, 0.3) is 0 Å². The topological polar surface area (TPSA) is 237 Å². The highest BCUT2D eigenvalue weighted by molar-refractivity contribution is 7.47. The Hall–Kier alpha value is -1.94. The first-order chi connectivity index (χ1) is 43.9. The fourth-order valence-electron chi connectivity index (χ4n) is 10.9. The van der Waals surface area contributed by atoms with Crippen molar-refractivity contribution in [2.75, 3.05) is 39.6 Å². The second kappa shape index (κ2) is 64.1. The minimum atomic E-state index is -4.95. The summed E-state index contributed by atoms with van der Waals surface area (Å²) < 4.78 is 68.4. The maximum absolute atomic E-state index is 13.0. The second-order valence-corrected chi connectivity index (χ2v) is 29.8. The number of esters is 4. The van der Waals surface area contributed by atoms with Gasteiger partial charge in [-0.1, -0.05) is 318 Å². The van der Waals surface area contributed by atoms with E-state index in [4.69, 9.17) is 37.0 Å². The number of rotatable bonds is 71. The summed E-state index contributed by atoms with van der Waals surface area (Å²) >= 11 is 0. The average molecular weight is 1340 g/mol. The van der Waals surface area contributed by atoms with E-state index in [0.29, 0.717) is 31.6 Å². The molecule has 0 saturated carbocycles. The number of hydrogen-bond donors (Lipinski definition) is 3. The van der Waals surface area contributed by atoms with Crippen molar-refractivity contribution < 1.29 is 80.2 Å². The molecule has 0 saturated heterocycles. The third kappa shape index (κ3) is 66.5. The zero-order valence-electron chi connectivity index (χ0n) is 59.1. The van der Waals surface area contributed by atoms with Crippen molar-refractivity contribution in [2.45, 2.75) is 387 Å². The molecule has 91 heavy (non-hydrogen) atoms. The molecule has 0 aromatic heterocycles. The molecule has 0 radical (unpaired) electrons. The van der Waals surface area contributed by atoms with Gasteiger partial charge in [0, 0.05) is 25.7 Å². The molecule has 0 amide bonds. The van der Waals surface area contributed by atoms with Crippen LogP contribution in [-0.2, 0) is 65.4 Å². The Kier molecular flexibility index (Phi) is 62.7. The van der Waals surface area contributed by atoms with Crippen LogP contribution < -0.4 is 0 Å². The first kappa shape index (κ1) is 89.1. The minimum absolute atomic E-state index is 0.107. The van der Waals surface area contributed by atoms with Gasteiger partial charge in [-0.25, -0.2) is 9.13 Å². The summed E-state index contributed by atoms with van der Waals surface area (Å²) in [5, 5.41) is 10.6. The Labute approximate surface area is 556 Å². The van der Waals surface area contributed by atoms with Crippen molar-refractivity contribution in [2.24, 2.45) is 11.8 Å². The number of phosphoric ester groups is 2. The van der Waals surface area contributed by atoms with Crippen LogP contribution in [0.2, 0.25) is 0 Å². The molecule has 0 spiro atoms. The lowest BCUT2D eigenvalue weighted by atomic mass is 10.0. The number of ether oxygens (including phenoxy) is 4. The molecule has 0 bridgehead atoms. The number of unbranched alkanes of at least 4 members (excludes halogenated alkanes) is 41. The van der Waals surface area contributed by atoms with Crippen molar-refractivity contribution in [3.8, 4) is 0 Å². The summed E-state index contributed by atoms with van der Waals surface area (Å²) in [7, 11) is -9.90. The minimum Gasteiger partial charge on any atom is -0.462 e. The summed E-state index contributed by atoms with van der Waals surface area (Å²) in [6, 6.07) is 0. The van der Waals surface area contributed by atoms with Crippen molar-refractivity contribution in [3.05, 3.63) is 0 Å². The fraction of sp³-hybridized carbons (Fsp3) is 0.944. The van der Waals surface area contributed by atoms with Gasteiger partial charge in [0.1, 0.15) is 19.3 Å². The standard InChI is InChI=1S/C72H140O17P2/c1-7-9-11-13-15-17-19-22-27-30-36-42-48-54-69(74)82-60-67(88-72(77)57-51-45-38-32-28-24-21-23-25-29-34-40-46-52-64(3)4)62-86-90(78,79)84-58-66(73)59-85-91(80,81)87-63-68(61-83-70(75)55-49-43-39-33-35-41-47-53-65(5)6)89-71(76)56-50-44-37-31-26-20-18-16-14-12-10-8-2/h64-68,73H,7-63H2,1-6H3,(H,78,79)(H,80,81)/t66-,67-,68-/m1/s1. The number of phosphoric acid groups is 2. The molecule has 0 fully saturated rings. The first-order valence-electron chi connectivity index (χ1n) is 37.5. The zero-order valence-corrected chi connectivity index (χ0v) is 60.9. The maximum Gasteiger partial charge on any atom is 0.472 e. The van der Waals surface area contributed by atoms with Crippen LogP contribution >= 0.6 is 15.6 Å². The first-order valence-corrected chi connectivity index (χ1v) is 40.5. The van der Waals surface area contributed by atoms with E-state index < -0.39 is 97.5 Å². The Balaban J connectivity index is 5.25. The summed E-state index contributed by atoms with van der Waals surface area (Å²) in [6.45, 7) is 9.53. The van der Waals surface area contributed by atoms with Gasteiger partial charge in [0.15, 0.2) is 12.2 Å². The van der Waals surface area contributed by atoms with Gasteiger partial charge in [-0.2, -0.15) is 0 Å². The molecule has 0 aliphatic heterocycles. The van der Waals surface area contributed by atoms with Gasteiger partial charge in [0.2, 0.25) is 0 Å². The van der Waals surface area contributed by atoms with Gasteiger partial charge in [-0.15, -0.1) is 0 Å². The summed E-state index contributed by atoms with van der Waals surface area (Å²) in [5.41, 5.74) is 0. The van der Waals surface area contributed by atoms with Gasteiger partial charge in [-0.05, 0) is 37.5 Å². The zero-order chi connectivity index (χ0) is 67.2. The van der Waals surface area contributed by atoms with E-state index in [9.17, 15) is 43.2 Å². The van der Waals surface area contributed by atoms with Crippen molar-refractivity contribution >= 4 is 39.5 Å². The van der Waals surface area contributed by atoms with Crippen molar-refractivity contribution in [3.63, 3.8) is 0 Å². The SMILES string of the molecule is CCCCCCCCCCCCCCCC(=O)OC[C@H](COP(=O)(O)OC[C@@H](O)COP(=O)(O)OC[C@@H](COC(=O)CCCCCCCCCC(C)C)OC(=O)CCCCCCCCCCCCCC)OC(=O)CCCCCCCCCCCCCCCC(C)C. The summed E-state index contributed by atoms with van der Waals surface area (Å²) in [4.78, 5) is 72.6. The normalized spacial score (nSPS) is 14.1. The van der Waals surface area contributed by atoms with E-state index in [2.05, 4.69) is 41.5 Å². The molecular weight excluding hydrogens is 1200 g/mol. The van der Waals surface area contributed by atoms with Crippen molar-refractivity contribution in [1.29, 1.82) is 0 Å². The molecule has 5 atom stereocenters. The highest BCUT2D eigenvalue weighted by atomic mass is 31.2. The third-order valence-corrected chi connectivity index (χ3v) is 18.6. The molecule has 0 rings (SSSR count). The van der Waals surface area contributed by atoms with E-state index in [-0.39, 0.29) is 25.7 Å². The Morgan fingerprint density at radius 1 is 0.297 bits per heavy atom. The molecule has 2 unspecified atom stereocenters. The van der Waals surface area contributed by atoms with Gasteiger partial charge < -0.3 is 33.8 Å². The van der Waals surface area contributed by atoms with Crippen LogP contribution in [0, 0.1) is 11.8 Å². The van der Waals surface area contributed by atoms with E-state index in [1.54, 1.807) is 0 Å². The average Bonchev–Trinajstić information content (AvgIpc) is 3.48. The van der Waals surface area contributed by atoms with Crippen LogP contribution in [0.1, 0.15) is 369 Å². The highest BCUT2D eigenvalue weighted by Crippen LogP contribution is 2.45. The lowest BCUT2D eigenvalue weighted by molar-refractivity contribution is -0.161. The second-order valence-electron chi connectivity index (χ2n) is 26.9. The number of carbonyl (C=O) groups excluding carboxylic acids is 4. The van der Waals surface area contributed by atoms with Crippen LogP contribution in [-0.4, -0.2) is 96.7 Å². The molecule has 0 aliphatic rings. The van der Waals surface area contributed by atoms with E-state index >= 15 is 0 Å². The summed E-state index contributed by atoms with van der Waals surface area (Å²) in [5.74, 6) is -0.628. The molecule has 0 heterocycles. The fourth-order valence-corrected chi connectivity index (χ4v) is 12.5. The van der Waals surface area contributed by atoms with E-state index in [1.807, 2.05) is 0 Å². The van der Waals surface area contributed by atoms with Gasteiger partial charge in [-0.3, -0.25) is 37.3 Å². The molecule has 0 aromatic rings. The molecule has 17 nitrogen and oxygen atoms in total. The number of hydrogen-bond acceptors (Lipinski definition) is 15. The molecule has 540 valence electrons. The lowest BCUT2D eigenvalue weighted by Crippen LogP contribution is -2.30. The Morgan fingerprint density at radius 2 is 0.505 bits per heavy atom. The lowest BCUT2D eigenvalue weighted by Gasteiger charge is -2.21. The predicted molar refractivity (Wildman–Crippen MR) is 368 cm³/mol. The Morgan fingerprint density at radius 3 is 0.747 bits per heavy atom. The molecule has 19 heteroatoms. The quantitative estimate of drug-likeness (QED) is 0.0222. The predicted octanol–water partition coefficient (Wildman–Crippen LogP) is 20.8. The van der Waals surface area contributed by atoms with E-state index in [0.717, 1.165) is 102 Å². The number of aliphatic hydroxyl groups is 1. The van der Waals surface area contributed by atoms with Gasteiger partial charge in [0.25, 0.3) is 0 Å². The van der Waals surface area contributed by atoms with Crippen molar-refractivity contribution in [1.82, 2.24) is 0 Å². The number of carbonyl (C=O) groups is 4. The third-order valence-electron chi connectivity index (χ3n) is 16.7. The molecule has 3 N–H and O–H groups in total. The van der Waals surface area contributed by atoms with Crippen LogP contribution in [0.15, 0.2) is 0 Å². The largest absolute Gasteiger partial charge is 0.472 e. The van der Waals surface area contributed by atoms with Gasteiger partial charge >= 0.3 is 39.5 Å².